The van der Waals surface area contributed by atoms with Crippen LogP contribution >= 0.6 is 0 Å². The summed E-state index contributed by atoms with van der Waals surface area (Å²) < 4.78 is 5.74. The normalized spacial score (nSPS) is 23.4. The largest absolute Gasteiger partial charge is 0.391 e. The SMILES string of the molecule is CCCOC(C(C)O)C1CCCCC1. The third-order valence-corrected chi connectivity index (χ3v) is 3.10. The van der Waals surface area contributed by atoms with Gasteiger partial charge in [0.05, 0.1) is 12.2 Å². The van der Waals surface area contributed by atoms with Crippen LogP contribution in [0.15, 0.2) is 0 Å². The predicted octanol–water partition coefficient (Wildman–Crippen LogP) is 2.74. The van der Waals surface area contributed by atoms with Gasteiger partial charge in [0.15, 0.2) is 0 Å². The van der Waals surface area contributed by atoms with Crippen molar-refractivity contribution in [1.29, 1.82) is 0 Å². The second-order valence-electron chi connectivity index (χ2n) is 4.47. The summed E-state index contributed by atoms with van der Waals surface area (Å²) in [5, 5.41) is 9.67. The van der Waals surface area contributed by atoms with E-state index in [0.29, 0.717) is 5.92 Å². The molecule has 0 aliphatic heterocycles. The van der Waals surface area contributed by atoms with E-state index in [1.165, 1.54) is 32.1 Å². The maximum Gasteiger partial charge on any atom is 0.0859 e. The Balaban J connectivity index is 2.39. The number of hydrogen-bond donors (Lipinski definition) is 1. The van der Waals surface area contributed by atoms with Gasteiger partial charge in [0.1, 0.15) is 0 Å². The van der Waals surface area contributed by atoms with Crippen LogP contribution in [0, 0.1) is 5.92 Å². The molecule has 0 bridgehead atoms. The molecule has 0 radical (unpaired) electrons. The third-order valence-electron chi connectivity index (χ3n) is 3.10. The van der Waals surface area contributed by atoms with Crippen LogP contribution in [0.1, 0.15) is 52.4 Å². The van der Waals surface area contributed by atoms with Crippen LogP contribution in [0.25, 0.3) is 0 Å². The fourth-order valence-electron chi connectivity index (χ4n) is 2.39. The van der Waals surface area contributed by atoms with E-state index >= 15 is 0 Å². The summed E-state index contributed by atoms with van der Waals surface area (Å²) in [5.74, 6) is 0.593. The van der Waals surface area contributed by atoms with Crippen molar-refractivity contribution >= 4 is 0 Å². The Bertz CT molecular complexity index is 139. The van der Waals surface area contributed by atoms with Crippen LogP contribution in [0.5, 0.6) is 0 Å². The van der Waals surface area contributed by atoms with E-state index in [-0.39, 0.29) is 12.2 Å². The van der Waals surface area contributed by atoms with Gasteiger partial charge in [-0.15, -0.1) is 0 Å². The first kappa shape index (κ1) is 12.0. The molecule has 2 atom stereocenters. The molecule has 2 heteroatoms. The topological polar surface area (TPSA) is 29.5 Å². The van der Waals surface area contributed by atoms with Gasteiger partial charge >= 0.3 is 0 Å². The van der Waals surface area contributed by atoms with Gasteiger partial charge in [-0.05, 0) is 32.1 Å². The van der Waals surface area contributed by atoms with Crippen LogP contribution in [0.4, 0.5) is 0 Å². The summed E-state index contributed by atoms with van der Waals surface area (Å²) in [7, 11) is 0. The number of rotatable bonds is 5. The molecular weight excluding hydrogens is 176 g/mol. The van der Waals surface area contributed by atoms with E-state index in [9.17, 15) is 5.11 Å². The van der Waals surface area contributed by atoms with Crippen molar-refractivity contribution in [2.45, 2.75) is 64.6 Å². The smallest absolute Gasteiger partial charge is 0.0859 e. The van der Waals surface area contributed by atoms with Crippen LogP contribution < -0.4 is 0 Å². The average molecular weight is 200 g/mol. The third kappa shape index (κ3) is 3.58. The van der Waals surface area contributed by atoms with E-state index in [4.69, 9.17) is 4.74 Å². The zero-order valence-corrected chi connectivity index (χ0v) is 9.54. The van der Waals surface area contributed by atoms with E-state index in [1.54, 1.807) is 0 Å². The van der Waals surface area contributed by atoms with E-state index in [0.717, 1.165) is 13.0 Å². The summed E-state index contributed by atoms with van der Waals surface area (Å²) >= 11 is 0. The molecule has 2 unspecified atom stereocenters. The Morgan fingerprint density at radius 1 is 1.29 bits per heavy atom. The van der Waals surface area contributed by atoms with Crippen LogP contribution in [-0.2, 0) is 4.74 Å². The van der Waals surface area contributed by atoms with Crippen molar-refractivity contribution in [3.63, 3.8) is 0 Å². The molecule has 1 aliphatic carbocycles. The van der Waals surface area contributed by atoms with Crippen molar-refractivity contribution in [3.05, 3.63) is 0 Å². The summed E-state index contributed by atoms with van der Waals surface area (Å²) in [5.41, 5.74) is 0. The fraction of sp³-hybridized carbons (Fsp3) is 1.00. The second kappa shape index (κ2) is 6.41. The molecule has 84 valence electrons. The molecular formula is C12H24O2. The minimum atomic E-state index is -0.315. The predicted molar refractivity (Wildman–Crippen MR) is 58.3 cm³/mol. The van der Waals surface area contributed by atoms with Gasteiger partial charge in [-0.3, -0.25) is 0 Å². The Morgan fingerprint density at radius 3 is 2.43 bits per heavy atom. The van der Waals surface area contributed by atoms with Crippen molar-refractivity contribution < 1.29 is 9.84 Å². The quantitative estimate of drug-likeness (QED) is 0.739. The minimum Gasteiger partial charge on any atom is -0.391 e. The number of aliphatic hydroxyl groups is 1. The van der Waals surface area contributed by atoms with E-state index in [1.807, 2.05) is 6.92 Å². The summed E-state index contributed by atoms with van der Waals surface area (Å²) in [6.07, 6.45) is 7.25. The molecule has 0 spiro atoms. The van der Waals surface area contributed by atoms with Crippen LogP contribution in [-0.4, -0.2) is 23.9 Å². The molecule has 0 heterocycles. The number of ether oxygens (including phenoxy) is 1. The fourth-order valence-corrected chi connectivity index (χ4v) is 2.39. The first-order valence-corrected chi connectivity index (χ1v) is 6.05. The lowest BCUT2D eigenvalue weighted by atomic mass is 9.83. The molecule has 1 N–H and O–H groups in total. The minimum absolute atomic E-state index is 0.0789. The Kier molecular flexibility index (Phi) is 5.49. The molecule has 0 saturated heterocycles. The number of aliphatic hydroxyl groups excluding tert-OH is 1. The van der Waals surface area contributed by atoms with Gasteiger partial charge in [0.2, 0.25) is 0 Å². The highest BCUT2D eigenvalue weighted by Gasteiger charge is 2.27. The first-order chi connectivity index (χ1) is 6.75. The molecule has 2 nitrogen and oxygen atoms in total. The lowest BCUT2D eigenvalue weighted by Gasteiger charge is -2.32. The summed E-state index contributed by atoms with van der Waals surface area (Å²) in [4.78, 5) is 0. The highest BCUT2D eigenvalue weighted by Crippen LogP contribution is 2.29. The van der Waals surface area contributed by atoms with Crippen molar-refractivity contribution in [2.75, 3.05) is 6.61 Å². The molecule has 0 aromatic heterocycles. The van der Waals surface area contributed by atoms with Gasteiger partial charge in [-0.2, -0.15) is 0 Å². The Morgan fingerprint density at radius 2 is 1.93 bits per heavy atom. The molecule has 1 saturated carbocycles. The van der Waals surface area contributed by atoms with Gasteiger partial charge in [-0.1, -0.05) is 26.2 Å². The van der Waals surface area contributed by atoms with Crippen molar-refractivity contribution in [2.24, 2.45) is 5.92 Å². The molecule has 0 aromatic rings. The van der Waals surface area contributed by atoms with Gasteiger partial charge in [0, 0.05) is 6.61 Å². The maximum atomic E-state index is 9.67. The maximum absolute atomic E-state index is 9.67. The lowest BCUT2D eigenvalue weighted by molar-refractivity contribution is -0.0690. The Labute approximate surface area is 87.7 Å². The molecule has 1 fully saturated rings. The summed E-state index contributed by atoms with van der Waals surface area (Å²) in [6.45, 7) is 4.75. The molecule has 14 heavy (non-hydrogen) atoms. The van der Waals surface area contributed by atoms with Gasteiger partial charge in [-0.25, -0.2) is 0 Å². The van der Waals surface area contributed by atoms with Crippen LogP contribution in [0.2, 0.25) is 0 Å². The zero-order chi connectivity index (χ0) is 10.4. The first-order valence-electron chi connectivity index (χ1n) is 6.05. The van der Waals surface area contributed by atoms with Gasteiger partial charge in [0.25, 0.3) is 0 Å². The average Bonchev–Trinajstić information content (AvgIpc) is 2.19. The number of hydrogen-bond acceptors (Lipinski definition) is 2. The van der Waals surface area contributed by atoms with E-state index < -0.39 is 0 Å². The molecule has 1 rings (SSSR count). The molecule has 0 amide bonds. The van der Waals surface area contributed by atoms with Crippen molar-refractivity contribution in [1.82, 2.24) is 0 Å². The van der Waals surface area contributed by atoms with Gasteiger partial charge < -0.3 is 9.84 Å². The molecule has 0 aromatic carbocycles. The molecule has 1 aliphatic rings. The highest BCUT2D eigenvalue weighted by atomic mass is 16.5. The van der Waals surface area contributed by atoms with E-state index in [2.05, 4.69) is 6.92 Å². The summed E-state index contributed by atoms with van der Waals surface area (Å²) in [6, 6.07) is 0. The zero-order valence-electron chi connectivity index (χ0n) is 9.54. The van der Waals surface area contributed by atoms with Crippen molar-refractivity contribution in [3.8, 4) is 0 Å². The Hall–Kier alpha value is -0.0800. The second-order valence-corrected chi connectivity index (χ2v) is 4.47. The standard InChI is InChI=1S/C12H24O2/c1-3-9-14-12(10(2)13)11-7-5-4-6-8-11/h10-13H,3-9H2,1-2H3. The highest BCUT2D eigenvalue weighted by molar-refractivity contribution is 4.78. The monoisotopic (exact) mass is 200 g/mol. The lowest BCUT2D eigenvalue weighted by Crippen LogP contribution is -2.35. The van der Waals surface area contributed by atoms with Crippen LogP contribution in [0.3, 0.4) is 0 Å².